The Kier molecular flexibility index (Phi) is 4.54. The van der Waals surface area contributed by atoms with Crippen molar-refractivity contribution >= 4 is 5.97 Å². The van der Waals surface area contributed by atoms with E-state index in [0.717, 1.165) is 6.54 Å². The van der Waals surface area contributed by atoms with Crippen molar-refractivity contribution in [2.75, 3.05) is 13.6 Å². The SMILES string of the molecule is CC.CN1CC=CC1C(=O)O. The third kappa shape index (κ3) is 2.72. The first-order valence-corrected chi connectivity index (χ1v) is 3.81. The minimum Gasteiger partial charge on any atom is -0.480 e. The van der Waals surface area contributed by atoms with Crippen LogP contribution in [0.3, 0.4) is 0 Å². The van der Waals surface area contributed by atoms with Gasteiger partial charge in [-0.25, -0.2) is 0 Å². The third-order valence-corrected chi connectivity index (χ3v) is 1.44. The summed E-state index contributed by atoms with van der Waals surface area (Å²) in [5, 5.41) is 8.49. The molecule has 0 aliphatic carbocycles. The predicted molar refractivity (Wildman–Crippen MR) is 44.5 cm³/mol. The van der Waals surface area contributed by atoms with E-state index in [-0.39, 0.29) is 0 Å². The third-order valence-electron chi connectivity index (χ3n) is 1.44. The molecule has 0 radical (unpaired) electrons. The number of carboxylic acids is 1. The van der Waals surface area contributed by atoms with Gasteiger partial charge in [0.15, 0.2) is 0 Å². The van der Waals surface area contributed by atoms with E-state index < -0.39 is 12.0 Å². The highest BCUT2D eigenvalue weighted by Crippen LogP contribution is 2.05. The number of hydrogen-bond acceptors (Lipinski definition) is 2. The van der Waals surface area contributed by atoms with E-state index in [1.807, 2.05) is 19.9 Å². The first-order valence-electron chi connectivity index (χ1n) is 3.81. The molecule has 1 atom stereocenters. The van der Waals surface area contributed by atoms with Gasteiger partial charge in [0.2, 0.25) is 0 Å². The van der Waals surface area contributed by atoms with Crippen LogP contribution >= 0.6 is 0 Å². The average molecular weight is 157 g/mol. The summed E-state index contributed by atoms with van der Waals surface area (Å²) < 4.78 is 0. The fraction of sp³-hybridized carbons (Fsp3) is 0.625. The Labute approximate surface area is 67.3 Å². The van der Waals surface area contributed by atoms with Gasteiger partial charge in [-0.3, -0.25) is 9.69 Å². The zero-order valence-electron chi connectivity index (χ0n) is 7.24. The number of carbonyl (C=O) groups is 1. The predicted octanol–water partition coefficient (Wildman–Crippen LogP) is 0.967. The summed E-state index contributed by atoms with van der Waals surface area (Å²) in [5.74, 6) is -0.772. The fourth-order valence-corrected chi connectivity index (χ4v) is 0.887. The van der Waals surface area contributed by atoms with E-state index >= 15 is 0 Å². The van der Waals surface area contributed by atoms with Gasteiger partial charge in [0.05, 0.1) is 0 Å². The molecule has 0 aromatic heterocycles. The number of nitrogens with zero attached hydrogens (tertiary/aromatic N) is 1. The maximum atomic E-state index is 10.3. The van der Waals surface area contributed by atoms with Crippen molar-refractivity contribution in [1.29, 1.82) is 0 Å². The molecule has 1 heterocycles. The molecule has 1 aliphatic rings. The van der Waals surface area contributed by atoms with Gasteiger partial charge in [-0.1, -0.05) is 26.0 Å². The van der Waals surface area contributed by atoms with E-state index in [2.05, 4.69) is 0 Å². The highest BCUT2D eigenvalue weighted by molar-refractivity contribution is 5.76. The molecule has 0 saturated heterocycles. The molecule has 0 amide bonds. The van der Waals surface area contributed by atoms with E-state index in [4.69, 9.17) is 5.11 Å². The van der Waals surface area contributed by atoms with Gasteiger partial charge in [-0.2, -0.15) is 0 Å². The number of hydrogen-bond donors (Lipinski definition) is 1. The molecule has 1 N–H and O–H groups in total. The molecule has 3 nitrogen and oxygen atoms in total. The maximum Gasteiger partial charge on any atom is 0.324 e. The van der Waals surface area contributed by atoms with E-state index in [1.54, 1.807) is 18.0 Å². The molecule has 11 heavy (non-hydrogen) atoms. The van der Waals surface area contributed by atoms with Crippen LogP contribution in [0, 0.1) is 0 Å². The van der Waals surface area contributed by atoms with Crippen molar-refractivity contribution in [3.8, 4) is 0 Å². The summed E-state index contributed by atoms with van der Waals surface area (Å²) in [5.41, 5.74) is 0. The molecular formula is C8H15NO2. The summed E-state index contributed by atoms with van der Waals surface area (Å²) in [4.78, 5) is 12.1. The van der Waals surface area contributed by atoms with E-state index in [1.165, 1.54) is 0 Å². The second-order valence-electron chi connectivity index (χ2n) is 2.15. The Bertz CT molecular complexity index is 154. The highest BCUT2D eigenvalue weighted by Gasteiger charge is 2.21. The molecule has 0 saturated carbocycles. The lowest BCUT2D eigenvalue weighted by atomic mass is 10.3. The molecule has 0 bridgehead atoms. The second kappa shape index (κ2) is 4.91. The Morgan fingerprint density at radius 2 is 2.18 bits per heavy atom. The molecular weight excluding hydrogens is 142 g/mol. The first kappa shape index (κ1) is 10.2. The van der Waals surface area contributed by atoms with Crippen LogP contribution in [0.4, 0.5) is 0 Å². The van der Waals surface area contributed by atoms with Crippen LogP contribution in [0.2, 0.25) is 0 Å². The van der Waals surface area contributed by atoms with Crippen molar-refractivity contribution < 1.29 is 9.90 Å². The Balaban J connectivity index is 0.000000461. The number of aliphatic carboxylic acids is 1. The molecule has 0 aromatic carbocycles. The normalized spacial score (nSPS) is 22.6. The smallest absolute Gasteiger partial charge is 0.324 e. The number of rotatable bonds is 1. The van der Waals surface area contributed by atoms with Crippen LogP contribution in [-0.2, 0) is 4.79 Å². The van der Waals surface area contributed by atoms with Crippen molar-refractivity contribution in [2.45, 2.75) is 19.9 Å². The molecule has 0 spiro atoms. The van der Waals surface area contributed by atoms with Crippen LogP contribution in [0.1, 0.15) is 13.8 Å². The van der Waals surface area contributed by atoms with Gasteiger partial charge in [0.25, 0.3) is 0 Å². The van der Waals surface area contributed by atoms with Crippen molar-refractivity contribution in [1.82, 2.24) is 4.90 Å². The Hall–Kier alpha value is -0.830. The zero-order chi connectivity index (χ0) is 8.85. The van der Waals surface area contributed by atoms with Crippen molar-refractivity contribution in [3.05, 3.63) is 12.2 Å². The average Bonchev–Trinajstić information content (AvgIpc) is 2.39. The minimum absolute atomic E-state index is 0.398. The van der Waals surface area contributed by atoms with Crippen LogP contribution in [0.15, 0.2) is 12.2 Å². The molecule has 64 valence electrons. The molecule has 0 fully saturated rings. The van der Waals surface area contributed by atoms with Gasteiger partial charge in [-0.05, 0) is 7.05 Å². The van der Waals surface area contributed by atoms with Crippen LogP contribution in [-0.4, -0.2) is 35.6 Å². The second-order valence-corrected chi connectivity index (χ2v) is 2.15. The van der Waals surface area contributed by atoms with Gasteiger partial charge in [-0.15, -0.1) is 0 Å². The minimum atomic E-state index is -0.772. The van der Waals surface area contributed by atoms with E-state index in [0.29, 0.717) is 0 Å². The summed E-state index contributed by atoms with van der Waals surface area (Å²) in [6.07, 6.45) is 3.56. The van der Waals surface area contributed by atoms with Gasteiger partial charge in [0, 0.05) is 6.54 Å². The van der Waals surface area contributed by atoms with Crippen LogP contribution < -0.4 is 0 Å². The summed E-state index contributed by atoms with van der Waals surface area (Å²) in [6.45, 7) is 4.75. The molecule has 1 aliphatic heterocycles. The van der Waals surface area contributed by atoms with E-state index in [9.17, 15) is 4.79 Å². The van der Waals surface area contributed by atoms with Crippen LogP contribution in [0.25, 0.3) is 0 Å². The quantitative estimate of drug-likeness (QED) is 0.576. The molecule has 3 heteroatoms. The molecule has 0 aromatic rings. The lowest BCUT2D eigenvalue weighted by Gasteiger charge is -2.13. The zero-order valence-corrected chi connectivity index (χ0v) is 7.24. The molecule has 1 rings (SSSR count). The first-order chi connectivity index (χ1) is 5.22. The standard InChI is InChI=1S/C6H9NO2.C2H6/c1-7-4-2-3-5(7)6(8)9;1-2/h2-3,5H,4H2,1H3,(H,8,9);1-2H3. The van der Waals surface area contributed by atoms with Gasteiger partial charge < -0.3 is 5.11 Å². The number of carboxylic acid groups (broad SMARTS) is 1. The summed E-state index contributed by atoms with van der Waals surface area (Å²) in [7, 11) is 1.79. The lowest BCUT2D eigenvalue weighted by molar-refractivity contribution is -0.140. The molecule has 1 unspecified atom stereocenters. The van der Waals surface area contributed by atoms with Crippen molar-refractivity contribution in [2.24, 2.45) is 0 Å². The Morgan fingerprint density at radius 3 is 2.36 bits per heavy atom. The largest absolute Gasteiger partial charge is 0.480 e. The fourth-order valence-electron chi connectivity index (χ4n) is 0.887. The topological polar surface area (TPSA) is 40.5 Å². The lowest BCUT2D eigenvalue weighted by Crippen LogP contribution is -2.32. The highest BCUT2D eigenvalue weighted by atomic mass is 16.4. The van der Waals surface area contributed by atoms with Gasteiger partial charge >= 0.3 is 5.97 Å². The number of likely N-dealkylation sites (N-methyl/N-ethyl adjacent to an activating group) is 1. The summed E-state index contributed by atoms with van der Waals surface area (Å²) >= 11 is 0. The summed E-state index contributed by atoms with van der Waals surface area (Å²) in [6, 6.07) is -0.398. The Morgan fingerprint density at radius 1 is 1.64 bits per heavy atom. The van der Waals surface area contributed by atoms with Crippen molar-refractivity contribution in [3.63, 3.8) is 0 Å². The maximum absolute atomic E-state index is 10.3. The monoisotopic (exact) mass is 157 g/mol. The van der Waals surface area contributed by atoms with Gasteiger partial charge in [0.1, 0.15) is 6.04 Å². The van der Waals surface area contributed by atoms with Crippen LogP contribution in [0.5, 0.6) is 0 Å².